The van der Waals surface area contributed by atoms with Gasteiger partial charge in [-0.05, 0) is 36.1 Å². The Bertz CT molecular complexity index is 540. The Balaban J connectivity index is 2.61. The van der Waals surface area contributed by atoms with Crippen LogP contribution in [0.4, 0.5) is 14.5 Å². The molecule has 0 radical (unpaired) electrons. The maximum atomic E-state index is 13.3. The number of nitrogens with two attached hydrogens (primary N) is 1. The van der Waals surface area contributed by atoms with Crippen LogP contribution >= 0.6 is 0 Å². The Morgan fingerprint density at radius 3 is 2.85 bits per heavy atom. The Morgan fingerprint density at radius 2 is 2.25 bits per heavy atom. The number of alkyl halides is 2. The van der Waals surface area contributed by atoms with Crippen LogP contribution in [0.5, 0.6) is 0 Å². The number of nitrogens with zero attached hydrogens (tertiary/aromatic N) is 1. The fraction of sp³-hybridized carbons (Fsp3) is 0.357. The lowest BCUT2D eigenvalue weighted by Gasteiger charge is -2.28. The second-order valence-electron chi connectivity index (χ2n) is 4.70. The third kappa shape index (κ3) is 2.65. The summed E-state index contributed by atoms with van der Waals surface area (Å²) < 4.78 is 26.6. The highest BCUT2D eigenvalue weighted by Crippen LogP contribution is 2.35. The van der Waals surface area contributed by atoms with E-state index >= 15 is 0 Å². The van der Waals surface area contributed by atoms with Crippen molar-refractivity contribution in [3.05, 3.63) is 35.0 Å². The predicted molar refractivity (Wildman–Crippen MR) is 77.1 cm³/mol. The molecule has 0 aliphatic carbocycles. The Hall–Kier alpha value is -1.95. The number of nitrogens with one attached hydrogen (secondary N) is 2. The molecule has 1 aliphatic heterocycles. The smallest absolute Gasteiger partial charge is 0.264 e. The van der Waals surface area contributed by atoms with Crippen molar-refractivity contribution in [2.24, 2.45) is 5.84 Å². The molecule has 0 unspecified atom stereocenters. The number of fused-ring (bicyclic) bond motifs is 1. The van der Waals surface area contributed by atoms with E-state index in [1.54, 1.807) is 19.3 Å². The number of aryl methyl sites for hydroxylation is 1. The molecule has 1 aromatic carbocycles. The summed E-state index contributed by atoms with van der Waals surface area (Å²) in [5.41, 5.74) is 2.33. The minimum Gasteiger partial charge on any atom is -0.393 e. The first-order valence-corrected chi connectivity index (χ1v) is 6.44. The zero-order valence-corrected chi connectivity index (χ0v) is 11.3. The average Bonchev–Trinajstić information content (AvgIpc) is 2.44. The van der Waals surface area contributed by atoms with Crippen molar-refractivity contribution in [2.45, 2.75) is 19.3 Å². The van der Waals surface area contributed by atoms with Crippen molar-refractivity contribution in [3.8, 4) is 0 Å². The topological polar surface area (TPSA) is 65.1 Å². The highest BCUT2D eigenvalue weighted by molar-refractivity contribution is 6.09. The summed E-state index contributed by atoms with van der Waals surface area (Å²) in [4.78, 5) is 0. The first-order valence-electron chi connectivity index (χ1n) is 6.44. The highest BCUT2D eigenvalue weighted by Gasteiger charge is 2.22. The van der Waals surface area contributed by atoms with E-state index in [-0.39, 0.29) is 5.56 Å². The van der Waals surface area contributed by atoms with Crippen LogP contribution in [-0.4, -0.2) is 19.8 Å². The second-order valence-corrected chi connectivity index (χ2v) is 4.70. The van der Waals surface area contributed by atoms with Crippen molar-refractivity contribution in [2.75, 3.05) is 18.6 Å². The van der Waals surface area contributed by atoms with Gasteiger partial charge in [0, 0.05) is 37.1 Å². The number of hydrogen-bond donors (Lipinski definition) is 3. The molecule has 1 aromatic rings. The standard InChI is InChI=1S/C14H18F2N4/c1-19-8-10(7-17)11-5-9-3-2-4-20(18)13(9)6-12(11)14(15)16/h5-8,14,17,19H,2-4,18H2,1H3/b10-8+,17-7?. The molecule has 0 amide bonds. The quantitative estimate of drug-likeness (QED) is 0.586. The summed E-state index contributed by atoms with van der Waals surface area (Å²) in [6.45, 7) is 0.665. The first-order chi connectivity index (χ1) is 9.58. The lowest BCUT2D eigenvalue weighted by atomic mass is 9.93. The third-order valence-electron chi connectivity index (χ3n) is 3.41. The van der Waals surface area contributed by atoms with Crippen LogP contribution in [0.1, 0.15) is 29.5 Å². The van der Waals surface area contributed by atoms with E-state index in [0.717, 1.165) is 24.6 Å². The van der Waals surface area contributed by atoms with Gasteiger partial charge in [0.05, 0.1) is 5.69 Å². The number of hydrazine groups is 1. The van der Waals surface area contributed by atoms with Gasteiger partial charge in [0.15, 0.2) is 0 Å². The predicted octanol–water partition coefficient (Wildman–Crippen LogP) is 2.46. The SMILES string of the molecule is CN/C=C(\C=N)c1cc2c(cc1C(F)F)N(N)CCC2. The number of anilines is 1. The van der Waals surface area contributed by atoms with Crippen molar-refractivity contribution in [1.82, 2.24) is 5.32 Å². The molecular weight excluding hydrogens is 262 g/mol. The van der Waals surface area contributed by atoms with Gasteiger partial charge in [0.25, 0.3) is 6.43 Å². The van der Waals surface area contributed by atoms with Gasteiger partial charge in [-0.2, -0.15) is 0 Å². The van der Waals surface area contributed by atoms with Gasteiger partial charge in [-0.25, -0.2) is 14.6 Å². The molecule has 108 valence electrons. The van der Waals surface area contributed by atoms with Gasteiger partial charge in [0.1, 0.15) is 0 Å². The summed E-state index contributed by atoms with van der Waals surface area (Å²) in [5, 5.41) is 11.7. The highest BCUT2D eigenvalue weighted by atomic mass is 19.3. The molecule has 0 aromatic heterocycles. The monoisotopic (exact) mass is 280 g/mol. The zero-order chi connectivity index (χ0) is 14.7. The molecule has 0 saturated heterocycles. The van der Waals surface area contributed by atoms with E-state index in [4.69, 9.17) is 11.3 Å². The number of rotatable bonds is 4. The minimum atomic E-state index is -2.61. The van der Waals surface area contributed by atoms with E-state index < -0.39 is 6.43 Å². The van der Waals surface area contributed by atoms with Crippen LogP contribution in [0.3, 0.4) is 0 Å². The third-order valence-corrected chi connectivity index (χ3v) is 3.41. The molecule has 0 atom stereocenters. The Morgan fingerprint density at radius 1 is 1.50 bits per heavy atom. The van der Waals surface area contributed by atoms with E-state index in [2.05, 4.69) is 5.32 Å². The molecule has 0 spiro atoms. The molecule has 4 N–H and O–H groups in total. The molecular formula is C14H18F2N4. The van der Waals surface area contributed by atoms with Crippen LogP contribution in [0, 0.1) is 5.41 Å². The van der Waals surface area contributed by atoms with Gasteiger partial charge in [-0.15, -0.1) is 0 Å². The van der Waals surface area contributed by atoms with Gasteiger partial charge >= 0.3 is 0 Å². The second kappa shape index (κ2) is 6.00. The van der Waals surface area contributed by atoms with E-state index in [9.17, 15) is 8.78 Å². The molecule has 0 fully saturated rings. The molecule has 6 heteroatoms. The maximum Gasteiger partial charge on any atom is 0.264 e. The number of halogens is 2. The fourth-order valence-electron chi connectivity index (χ4n) is 2.46. The fourth-order valence-corrected chi connectivity index (χ4v) is 2.46. The summed E-state index contributed by atoms with van der Waals surface area (Å²) in [5.74, 6) is 5.85. The molecule has 0 bridgehead atoms. The van der Waals surface area contributed by atoms with Gasteiger partial charge in [-0.1, -0.05) is 0 Å². The number of allylic oxidation sites excluding steroid dienone is 1. The Labute approximate surface area is 116 Å². The summed E-state index contributed by atoms with van der Waals surface area (Å²) in [6, 6.07) is 3.17. The number of benzene rings is 1. The lowest BCUT2D eigenvalue weighted by Crippen LogP contribution is -2.35. The van der Waals surface area contributed by atoms with Crippen LogP contribution in [0.15, 0.2) is 18.3 Å². The van der Waals surface area contributed by atoms with Gasteiger partial charge < -0.3 is 15.7 Å². The number of hydrogen-bond acceptors (Lipinski definition) is 4. The first kappa shape index (κ1) is 14.5. The van der Waals surface area contributed by atoms with E-state index in [1.165, 1.54) is 11.1 Å². The molecule has 4 nitrogen and oxygen atoms in total. The van der Waals surface area contributed by atoms with Crippen LogP contribution in [-0.2, 0) is 6.42 Å². The molecule has 20 heavy (non-hydrogen) atoms. The van der Waals surface area contributed by atoms with Crippen molar-refractivity contribution >= 4 is 17.5 Å². The van der Waals surface area contributed by atoms with Gasteiger partial charge in [-0.3, -0.25) is 0 Å². The Kier molecular flexibility index (Phi) is 4.34. The maximum absolute atomic E-state index is 13.3. The summed E-state index contributed by atoms with van der Waals surface area (Å²) in [7, 11) is 1.67. The van der Waals surface area contributed by atoms with Crippen LogP contribution in [0.2, 0.25) is 0 Å². The summed E-state index contributed by atoms with van der Waals surface area (Å²) >= 11 is 0. The normalized spacial score (nSPS) is 15.2. The van der Waals surface area contributed by atoms with E-state index in [0.29, 0.717) is 23.4 Å². The summed E-state index contributed by atoms with van der Waals surface area (Å²) in [6.07, 6.45) is 1.72. The van der Waals surface area contributed by atoms with Crippen LogP contribution < -0.4 is 16.2 Å². The van der Waals surface area contributed by atoms with Crippen molar-refractivity contribution in [3.63, 3.8) is 0 Å². The molecule has 2 rings (SSSR count). The lowest BCUT2D eigenvalue weighted by molar-refractivity contribution is 0.151. The zero-order valence-electron chi connectivity index (χ0n) is 11.3. The van der Waals surface area contributed by atoms with Crippen molar-refractivity contribution in [1.29, 1.82) is 5.41 Å². The van der Waals surface area contributed by atoms with Crippen LogP contribution in [0.25, 0.3) is 5.57 Å². The van der Waals surface area contributed by atoms with E-state index in [1.807, 2.05) is 0 Å². The molecule has 1 aliphatic rings. The van der Waals surface area contributed by atoms with Gasteiger partial charge in [0.2, 0.25) is 0 Å². The minimum absolute atomic E-state index is 0.0916. The average molecular weight is 280 g/mol. The van der Waals surface area contributed by atoms with Crippen molar-refractivity contribution < 1.29 is 8.78 Å². The molecule has 1 heterocycles. The largest absolute Gasteiger partial charge is 0.393 e. The molecule has 0 saturated carbocycles.